The maximum atomic E-state index is 14.0. The van der Waals surface area contributed by atoms with E-state index >= 15 is 0 Å². The molecule has 0 aliphatic rings. The van der Waals surface area contributed by atoms with Gasteiger partial charge in [-0.25, -0.2) is 4.39 Å². The summed E-state index contributed by atoms with van der Waals surface area (Å²) in [5, 5.41) is 4.58. The van der Waals surface area contributed by atoms with Crippen LogP contribution in [0.25, 0.3) is 22.5 Å². The molecule has 3 aromatic rings. The van der Waals surface area contributed by atoms with E-state index in [9.17, 15) is 4.39 Å². The van der Waals surface area contributed by atoms with Crippen LogP contribution in [0.5, 0.6) is 0 Å². The van der Waals surface area contributed by atoms with Gasteiger partial charge in [0.1, 0.15) is 5.82 Å². The maximum Gasteiger partial charge on any atom is 0.178 e. The second kappa shape index (κ2) is 5.39. The average Bonchev–Trinajstić information content (AvgIpc) is 2.81. The van der Waals surface area contributed by atoms with Crippen LogP contribution in [-0.4, -0.2) is 5.16 Å². The summed E-state index contributed by atoms with van der Waals surface area (Å²) >= 11 is 12.0. The van der Waals surface area contributed by atoms with Crippen molar-refractivity contribution in [3.63, 3.8) is 0 Å². The molecule has 3 nitrogen and oxygen atoms in total. The Morgan fingerprint density at radius 2 is 1.81 bits per heavy atom. The van der Waals surface area contributed by atoms with Gasteiger partial charge in [-0.15, -0.1) is 0 Å². The molecule has 106 valence electrons. The summed E-state index contributed by atoms with van der Waals surface area (Å²) in [5.74, 6) is -0.0147. The van der Waals surface area contributed by atoms with Crippen LogP contribution in [0, 0.1) is 5.82 Å². The number of halogens is 3. The molecular formula is C15H9Cl2FN2O. The molecule has 0 saturated carbocycles. The summed E-state index contributed by atoms with van der Waals surface area (Å²) in [7, 11) is 0. The Labute approximate surface area is 130 Å². The molecule has 6 heteroatoms. The highest BCUT2D eigenvalue weighted by atomic mass is 35.5. The quantitative estimate of drug-likeness (QED) is 0.719. The Hall–Kier alpha value is -2.04. The summed E-state index contributed by atoms with van der Waals surface area (Å²) < 4.78 is 19.3. The molecule has 0 atom stereocenters. The normalized spacial score (nSPS) is 10.8. The van der Waals surface area contributed by atoms with Gasteiger partial charge < -0.3 is 10.3 Å². The second-order valence-corrected chi connectivity index (χ2v) is 5.22. The number of nitrogen functional groups attached to an aromatic ring is 1. The molecule has 0 saturated heterocycles. The first-order valence-electron chi connectivity index (χ1n) is 6.03. The fraction of sp³-hybridized carbons (Fsp3) is 0. The van der Waals surface area contributed by atoms with Crippen molar-refractivity contribution in [2.75, 3.05) is 5.73 Å². The topological polar surface area (TPSA) is 52.0 Å². The zero-order valence-electron chi connectivity index (χ0n) is 10.6. The number of nitrogens with two attached hydrogens (primary N) is 1. The molecule has 1 aromatic heterocycles. The monoisotopic (exact) mass is 322 g/mol. The lowest BCUT2D eigenvalue weighted by Gasteiger charge is -2.06. The maximum absolute atomic E-state index is 14.0. The fourth-order valence-electron chi connectivity index (χ4n) is 2.08. The summed E-state index contributed by atoms with van der Waals surface area (Å²) in [5.41, 5.74) is 7.04. The Morgan fingerprint density at radius 3 is 2.52 bits per heavy atom. The summed E-state index contributed by atoms with van der Waals surface area (Å²) in [6.07, 6.45) is 0. The van der Waals surface area contributed by atoms with Gasteiger partial charge in [0.05, 0.1) is 10.6 Å². The van der Waals surface area contributed by atoms with Crippen molar-refractivity contribution in [1.82, 2.24) is 5.16 Å². The van der Waals surface area contributed by atoms with E-state index in [1.807, 2.05) is 0 Å². The van der Waals surface area contributed by atoms with E-state index in [0.29, 0.717) is 32.5 Å². The molecular weight excluding hydrogens is 314 g/mol. The minimum absolute atomic E-state index is 0.0983. The SMILES string of the molecule is Nc1noc(-c2ccc(Cl)cc2Cl)c1-c1ccccc1F. The van der Waals surface area contributed by atoms with Gasteiger partial charge in [-0.2, -0.15) is 0 Å². The Bertz CT molecular complexity index is 817. The molecule has 21 heavy (non-hydrogen) atoms. The van der Waals surface area contributed by atoms with Crippen molar-refractivity contribution < 1.29 is 8.91 Å². The highest BCUT2D eigenvalue weighted by Crippen LogP contribution is 2.40. The van der Waals surface area contributed by atoms with Gasteiger partial charge in [0.2, 0.25) is 0 Å². The average molecular weight is 323 g/mol. The number of rotatable bonds is 2. The summed E-state index contributed by atoms with van der Waals surface area (Å²) in [4.78, 5) is 0. The van der Waals surface area contributed by atoms with Gasteiger partial charge in [0.25, 0.3) is 0 Å². The molecule has 1 heterocycles. The van der Waals surface area contributed by atoms with E-state index in [0.717, 1.165) is 0 Å². The van der Waals surface area contributed by atoms with Crippen molar-refractivity contribution in [3.8, 4) is 22.5 Å². The van der Waals surface area contributed by atoms with Gasteiger partial charge in [0.15, 0.2) is 11.6 Å². The highest BCUT2D eigenvalue weighted by Gasteiger charge is 2.21. The second-order valence-electron chi connectivity index (χ2n) is 4.38. The fourth-order valence-corrected chi connectivity index (χ4v) is 2.58. The van der Waals surface area contributed by atoms with Crippen LogP contribution in [-0.2, 0) is 0 Å². The van der Waals surface area contributed by atoms with Crippen molar-refractivity contribution >= 4 is 29.0 Å². The van der Waals surface area contributed by atoms with Gasteiger partial charge in [-0.3, -0.25) is 0 Å². The number of hydrogen-bond donors (Lipinski definition) is 1. The lowest BCUT2D eigenvalue weighted by molar-refractivity contribution is 0.436. The van der Waals surface area contributed by atoms with Crippen LogP contribution < -0.4 is 5.73 Å². The van der Waals surface area contributed by atoms with Crippen LogP contribution in [0.4, 0.5) is 10.2 Å². The first-order valence-corrected chi connectivity index (χ1v) is 6.79. The number of hydrogen-bond acceptors (Lipinski definition) is 3. The number of anilines is 1. The van der Waals surface area contributed by atoms with Gasteiger partial charge >= 0.3 is 0 Å². The number of aromatic nitrogens is 1. The minimum Gasteiger partial charge on any atom is -0.380 e. The number of benzene rings is 2. The lowest BCUT2D eigenvalue weighted by atomic mass is 10.0. The molecule has 0 unspecified atom stereocenters. The molecule has 3 rings (SSSR count). The summed E-state index contributed by atoms with van der Waals surface area (Å²) in [6.45, 7) is 0. The molecule has 2 N–H and O–H groups in total. The molecule has 0 fully saturated rings. The Balaban J connectivity index is 2.25. The van der Waals surface area contributed by atoms with Crippen molar-refractivity contribution in [3.05, 3.63) is 58.3 Å². The third-order valence-corrected chi connectivity index (χ3v) is 3.59. The summed E-state index contributed by atoms with van der Waals surface area (Å²) in [6, 6.07) is 11.2. The van der Waals surface area contributed by atoms with E-state index in [4.69, 9.17) is 33.5 Å². The molecule has 0 aliphatic heterocycles. The van der Waals surface area contributed by atoms with Crippen molar-refractivity contribution in [1.29, 1.82) is 0 Å². The van der Waals surface area contributed by atoms with E-state index in [-0.39, 0.29) is 5.82 Å². The van der Waals surface area contributed by atoms with Crippen molar-refractivity contribution in [2.24, 2.45) is 0 Å². The van der Waals surface area contributed by atoms with Crippen LogP contribution in [0.15, 0.2) is 47.0 Å². The van der Waals surface area contributed by atoms with E-state index in [2.05, 4.69) is 5.16 Å². The van der Waals surface area contributed by atoms with Gasteiger partial charge in [0, 0.05) is 16.1 Å². The van der Waals surface area contributed by atoms with Crippen LogP contribution in [0.1, 0.15) is 0 Å². The highest BCUT2D eigenvalue weighted by molar-refractivity contribution is 6.36. The first kappa shape index (κ1) is 13.9. The van der Waals surface area contributed by atoms with Crippen LogP contribution >= 0.6 is 23.2 Å². The zero-order chi connectivity index (χ0) is 15.0. The molecule has 2 aromatic carbocycles. The molecule has 0 amide bonds. The third-order valence-electron chi connectivity index (χ3n) is 3.04. The van der Waals surface area contributed by atoms with Crippen LogP contribution in [0.3, 0.4) is 0 Å². The smallest absolute Gasteiger partial charge is 0.178 e. The minimum atomic E-state index is -0.418. The van der Waals surface area contributed by atoms with E-state index in [1.54, 1.807) is 36.4 Å². The first-order chi connectivity index (χ1) is 10.1. The Kier molecular flexibility index (Phi) is 3.57. The van der Waals surface area contributed by atoms with Gasteiger partial charge in [-0.05, 0) is 24.3 Å². The predicted molar refractivity (Wildman–Crippen MR) is 81.8 cm³/mol. The third kappa shape index (κ3) is 2.48. The zero-order valence-corrected chi connectivity index (χ0v) is 12.1. The number of nitrogens with zero attached hydrogens (tertiary/aromatic N) is 1. The molecule has 0 bridgehead atoms. The van der Waals surface area contributed by atoms with E-state index < -0.39 is 5.82 Å². The van der Waals surface area contributed by atoms with E-state index in [1.165, 1.54) is 6.07 Å². The standard InChI is InChI=1S/C15H9Cl2FN2O/c16-8-5-6-9(11(17)7-8)14-13(15(19)20-21-14)10-3-1-2-4-12(10)18/h1-7H,(H2,19,20). The molecule has 0 radical (unpaired) electrons. The Morgan fingerprint density at radius 1 is 1.05 bits per heavy atom. The largest absolute Gasteiger partial charge is 0.380 e. The lowest BCUT2D eigenvalue weighted by Crippen LogP contribution is -1.91. The van der Waals surface area contributed by atoms with Crippen molar-refractivity contribution in [2.45, 2.75) is 0 Å². The van der Waals surface area contributed by atoms with Crippen LogP contribution in [0.2, 0.25) is 10.0 Å². The van der Waals surface area contributed by atoms with Gasteiger partial charge in [-0.1, -0.05) is 46.6 Å². The molecule has 0 aliphatic carbocycles. The predicted octanol–water partition coefficient (Wildman–Crippen LogP) is 5.04. The molecule has 0 spiro atoms.